The summed E-state index contributed by atoms with van der Waals surface area (Å²) in [5.74, 6) is 0.0865. The molecule has 0 saturated carbocycles. The van der Waals surface area contributed by atoms with Crippen molar-refractivity contribution in [3.63, 3.8) is 0 Å². The molecule has 2 N–H and O–H groups in total. The molecule has 1 aromatic rings. The molecular weight excluding hydrogens is 316 g/mol. The Morgan fingerprint density at radius 3 is 2.64 bits per heavy atom. The van der Waals surface area contributed by atoms with Crippen molar-refractivity contribution in [2.45, 2.75) is 50.2 Å². The monoisotopic (exact) mass is 346 g/mol. The van der Waals surface area contributed by atoms with Crippen LogP contribution in [0.1, 0.15) is 38.2 Å². The summed E-state index contributed by atoms with van der Waals surface area (Å²) in [5.41, 5.74) is 0.432. The number of nitrogens with one attached hydrogen (secondary N) is 1. The van der Waals surface area contributed by atoms with Crippen LogP contribution in [-0.2, 0) is 16.0 Å². The van der Waals surface area contributed by atoms with E-state index in [1.54, 1.807) is 0 Å². The summed E-state index contributed by atoms with van der Waals surface area (Å²) >= 11 is 0. The van der Waals surface area contributed by atoms with Crippen LogP contribution in [0.5, 0.6) is 0 Å². The smallest absolute Gasteiger partial charge is 0.234 e. The number of hydrogen-bond donors (Lipinski definition) is 2. The molecule has 1 spiro atoms. The van der Waals surface area contributed by atoms with Gasteiger partial charge in [-0.3, -0.25) is 9.69 Å². The van der Waals surface area contributed by atoms with Crippen molar-refractivity contribution in [2.75, 3.05) is 32.8 Å². The standard InChI is InChI=1S/C20H30N2O3/c1-19(24)10-14-25-20(16-19)8-12-22(13-9-20)15-18(23)21-11-7-17-5-3-2-4-6-17/h2-6,24H,7-16H2,1H3,(H,21,23). The molecule has 5 heteroatoms. The Balaban J connectivity index is 1.38. The molecule has 2 aliphatic heterocycles. The number of nitrogens with zero attached hydrogens (tertiary/aromatic N) is 1. The Kier molecular flexibility index (Phi) is 5.77. The Morgan fingerprint density at radius 1 is 1.24 bits per heavy atom. The number of ether oxygens (including phenoxy) is 1. The molecule has 0 bridgehead atoms. The van der Waals surface area contributed by atoms with Gasteiger partial charge in [-0.2, -0.15) is 0 Å². The van der Waals surface area contributed by atoms with Gasteiger partial charge in [-0.25, -0.2) is 0 Å². The maximum absolute atomic E-state index is 12.1. The molecule has 3 rings (SSSR count). The van der Waals surface area contributed by atoms with E-state index in [9.17, 15) is 9.90 Å². The summed E-state index contributed by atoms with van der Waals surface area (Å²) in [7, 11) is 0. The summed E-state index contributed by atoms with van der Waals surface area (Å²) in [6.07, 6.45) is 4.05. The summed E-state index contributed by atoms with van der Waals surface area (Å²) in [6.45, 7) is 5.36. The van der Waals surface area contributed by atoms with Crippen LogP contribution in [0.4, 0.5) is 0 Å². The molecule has 5 nitrogen and oxygen atoms in total. The third-order valence-corrected chi connectivity index (χ3v) is 5.47. The van der Waals surface area contributed by atoms with E-state index < -0.39 is 5.60 Å². The number of piperidine rings is 1. The lowest BCUT2D eigenvalue weighted by atomic mass is 9.78. The average Bonchev–Trinajstić information content (AvgIpc) is 2.57. The lowest BCUT2D eigenvalue weighted by Gasteiger charge is -2.48. The maximum Gasteiger partial charge on any atom is 0.234 e. The number of aliphatic hydroxyl groups is 1. The number of benzene rings is 1. The van der Waals surface area contributed by atoms with Gasteiger partial charge < -0.3 is 15.2 Å². The average molecular weight is 346 g/mol. The minimum atomic E-state index is -0.616. The SMILES string of the molecule is CC1(O)CCOC2(CCN(CC(=O)NCCc3ccccc3)CC2)C1. The summed E-state index contributed by atoms with van der Waals surface area (Å²) in [6, 6.07) is 10.2. The molecule has 2 aliphatic rings. The highest BCUT2D eigenvalue weighted by atomic mass is 16.5. The zero-order valence-electron chi connectivity index (χ0n) is 15.2. The van der Waals surface area contributed by atoms with Crippen LogP contribution < -0.4 is 5.32 Å². The molecule has 1 amide bonds. The fourth-order valence-electron chi connectivity index (χ4n) is 4.01. The highest BCUT2D eigenvalue weighted by molar-refractivity contribution is 5.78. The predicted molar refractivity (Wildman–Crippen MR) is 97.4 cm³/mol. The number of rotatable bonds is 5. The lowest BCUT2D eigenvalue weighted by molar-refractivity contribution is -0.173. The quantitative estimate of drug-likeness (QED) is 0.853. The molecule has 2 fully saturated rings. The second-order valence-corrected chi connectivity index (χ2v) is 7.82. The van der Waals surface area contributed by atoms with Crippen LogP contribution >= 0.6 is 0 Å². The first kappa shape index (κ1) is 18.4. The zero-order valence-corrected chi connectivity index (χ0v) is 15.2. The van der Waals surface area contributed by atoms with Crippen LogP contribution in [0.15, 0.2) is 30.3 Å². The predicted octanol–water partition coefficient (Wildman–Crippen LogP) is 1.74. The first-order valence-corrected chi connectivity index (χ1v) is 9.36. The molecule has 2 heterocycles. The van der Waals surface area contributed by atoms with Crippen molar-refractivity contribution in [2.24, 2.45) is 0 Å². The van der Waals surface area contributed by atoms with Gasteiger partial charge in [0.05, 0.1) is 24.4 Å². The molecular formula is C20H30N2O3. The molecule has 138 valence electrons. The minimum Gasteiger partial charge on any atom is -0.390 e. The molecule has 25 heavy (non-hydrogen) atoms. The first-order valence-electron chi connectivity index (χ1n) is 9.36. The van der Waals surface area contributed by atoms with Crippen molar-refractivity contribution in [1.29, 1.82) is 0 Å². The van der Waals surface area contributed by atoms with Gasteiger partial charge in [-0.1, -0.05) is 30.3 Å². The van der Waals surface area contributed by atoms with Gasteiger partial charge in [-0.15, -0.1) is 0 Å². The number of likely N-dealkylation sites (tertiary alicyclic amines) is 1. The Hall–Kier alpha value is -1.43. The van der Waals surface area contributed by atoms with E-state index in [-0.39, 0.29) is 11.5 Å². The lowest BCUT2D eigenvalue weighted by Crippen LogP contribution is -2.54. The van der Waals surface area contributed by atoms with Gasteiger partial charge in [0.2, 0.25) is 5.91 Å². The normalized spacial score (nSPS) is 26.5. The summed E-state index contributed by atoms with van der Waals surface area (Å²) in [5, 5.41) is 13.3. The molecule has 1 aromatic carbocycles. The highest BCUT2D eigenvalue weighted by Crippen LogP contribution is 2.39. The molecule has 0 aliphatic carbocycles. The van der Waals surface area contributed by atoms with Crippen molar-refractivity contribution in [1.82, 2.24) is 10.2 Å². The van der Waals surface area contributed by atoms with Crippen LogP contribution in [0.25, 0.3) is 0 Å². The maximum atomic E-state index is 12.1. The Bertz CT molecular complexity index is 566. The van der Waals surface area contributed by atoms with E-state index in [1.807, 2.05) is 25.1 Å². The number of carbonyl (C=O) groups is 1. The minimum absolute atomic E-state index is 0.0865. The van der Waals surface area contributed by atoms with E-state index >= 15 is 0 Å². The molecule has 1 atom stereocenters. The molecule has 0 radical (unpaired) electrons. The van der Waals surface area contributed by atoms with Crippen LogP contribution in [0.3, 0.4) is 0 Å². The highest BCUT2D eigenvalue weighted by Gasteiger charge is 2.44. The van der Waals surface area contributed by atoms with E-state index in [0.29, 0.717) is 32.5 Å². The molecule has 1 unspecified atom stereocenters. The first-order chi connectivity index (χ1) is 12.0. The van der Waals surface area contributed by atoms with Gasteiger partial charge in [0.25, 0.3) is 0 Å². The Labute approximate surface area is 150 Å². The van der Waals surface area contributed by atoms with Crippen LogP contribution in [0, 0.1) is 0 Å². The van der Waals surface area contributed by atoms with Crippen LogP contribution in [-0.4, -0.2) is 59.9 Å². The van der Waals surface area contributed by atoms with Crippen molar-refractivity contribution in [3.05, 3.63) is 35.9 Å². The van der Waals surface area contributed by atoms with Crippen molar-refractivity contribution >= 4 is 5.91 Å². The Morgan fingerprint density at radius 2 is 1.96 bits per heavy atom. The summed E-state index contributed by atoms with van der Waals surface area (Å²) in [4.78, 5) is 14.3. The van der Waals surface area contributed by atoms with Crippen LogP contribution in [0.2, 0.25) is 0 Å². The zero-order chi connectivity index (χ0) is 17.8. The summed E-state index contributed by atoms with van der Waals surface area (Å²) < 4.78 is 6.02. The number of amides is 1. The third-order valence-electron chi connectivity index (χ3n) is 5.47. The van der Waals surface area contributed by atoms with E-state index in [1.165, 1.54) is 5.56 Å². The second-order valence-electron chi connectivity index (χ2n) is 7.82. The number of hydrogen-bond acceptors (Lipinski definition) is 4. The van der Waals surface area contributed by atoms with E-state index in [0.717, 1.165) is 32.4 Å². The topological polar surface area (TPSA) is 61.8 Å². The van der Waals surface area contributed by atoms with E-state index in [2.05, 4.69) is 22.3 Å². The molecule has 2 saturated heterocycles. The van der Waals surface area contributed by atoms with Gasteiger partial charge in [0, 0.05) is 26.1 Å². The van der Waals surface area contributed by atoms with Crippen molar-refractivity contribution < 1.29 is 14.6 Å². The van der Waals surface area contributed by atoms with Gasteiger partial charge in [0.1, 0.15) is 0 Å². The third kappa shape index (κ3) is 5.27. The molecule has 0 aromatic heterocycles. The van der Waals surface area contributed by atoms with Gasteiger partial charge in [-0.05, 0) is 38.2 Å². The van der Waals surface area contributed by atoms with Gasteiger partial charge in [0.15, 0.2) is 0 Å². The van der Waals surface area contributed by atoms with Gasteiger partial charge >= 0.3 is 0 Å². The van der Waals surface area contributed by atoms with Crippen molar-refractivity contribution in [3.8, 4) is 0 Å². The fraction of sp³-hybridized carbons (Fsp3) is 0.650. The largest absolute Gasteiger partial charge is 0.390 e. The van der Waals surface area contributed by atoms with E-state index in [4.69, 9.17) is 4.74 Å². The fourth-order valence-corrected chi connectivity index (χ4v) is 4.01. The number of carbonyl (C=O) groups excluding carboxylic acids is 1. The second kappa shape index (κ2) is 7.85.